The Morgan fingerprint density at radius 1 is 1.73 bits per heavy atom. The molecule has 0 bridgehead atoms. The molecule has 0 aromatic carbocycles. The van der Waals surface area contributed by atoms with Crippen molar-refractivity contribution in [3.63, 3.8) is 0 Å². The van der Waals surface area contributed by atoms with E-state index in [1.54, 1.807) is 6.92 Å². The Kier molecular flexibility index (Phi) is 3.74. The van der Waals surface area contributed by atoms with Crippen molar-refractivity contribution in [1.29, 1.82) is 0 Å². The Labute approximate surface area is 88.7 Å². The Morgan fingerprint density at radius 3 is 3.00 bits per heavy atom. The van der Waals surface area contributed by atoms with Crippen LogP contribution in [-0.4, -0.2) is 18.1 Å². The van der Waals surface area contributed by atoms with Crippen molar-refractivity contribution in [1.82, 2.24) is 0 Å². The molecule has 0 spiro atoms. The molecule has 1 saturated carbocycles. The molecular weight excluding hydrogens is 194 g/mol. The zero-order chi connectivity index (χ0) is 11.3. The molecule has 0 amide bonds. The summed E-state index contributed by atoms with van der Waals surface area (Å²) < 4.78 is 4.94. The van der Waals surface area contributed by atoms with Gasteiger partial charge in [-0.3, -0.25) is 4.79 Å². The molecule has 1 unspecified atom stereocenters. The smallest absolute Gasteiger partial charge is 0.322 e. The molecular formula is C10H15N3O2. The van der Waals surface area contributed by atoms with Crippen LogP contribution in [0.15, 0.2) is 17.3 Å². The minimum Gasteiger partial charge on any atom is -0.465 e. The van der Waals surface area contributed by atoms with Crippen LogP contribution in [0, 0.1) is 0 Å². The highest BCUT2D eigenvalue weighted by molar-refractivity contribution is 5.85. The SMILES string of the molecule is C=C1CCCCC1(N=[N+]=[N-])C(=O)OCC. The van der Waals surface area contributed by atoms with Gasteiger partial charge in [0.15, 0.2) is 5.54 Å². The number of ether oxygens (including phenoxy) is 1. The van der Waals surface area contributed by atoms with Gasteiger partial charge in [0.05, 0.1) is 6.61 Å². The Bertz CT molecular complexity index is 321. The first kappa shape index (κ1) is 11.6. The van der Waals surface area contributed by atoms with Crippen LogP contribution in [0.3, 0.4) is 0 Å². The molecule has 0 N–H and O–H groups in total. The third-order valence-corrected chi connectivity index (χ3v) is 2.68. The van der Waals surface area contributed by atoms with Crippen molar-refractivity contribution in [2.24, 2.45) is 5.11 Å². The molecule has 0 heterocycles. The number of rotatable bonds is 3. The fraction of sp³-hybridized carbons (Fsp3) is 0.700. The Balaban J connectivity index is 3.00. The molecule has 0 aliphatic heterocycles. The quantitative estimate of drug-likeness (QED) is 0.235. The molecule has 1 aliphatic rings. The van der Waals surface area contributed by atoms with Crippen LogP contribution in [0.5, 0.6) is 0 Å². The number of azide groups is 1. The number of carbonyl (C=O) groups is 1. The topological polar surface area (TPSA) is 75.1 Å². The minimum absolute atomic E-state index is 0.287. The lowest BCUT2D eigenvalue weighted by molar-refractivity contribution is -0.148. The summed E-state index contributed by atoms with van der Waals surface area (Å²) in [5.74, 6) is -0.465. The number of esters is 1. The van der Waals surface area contributed by atoms with Crippen LogP contribution in [0.25, 0.3) is 10.4 Å². The number of hydrogen-bond donors (Lipinski definition) is 0. The van der Waals surface area contributed by atoms with Crippen molar-refractivity contribution >= 4 is 5.97 Å². The van der Waals surface area contributed by atoms with Crippen LogP contribution < -0.4 is 0 Å². The molecule has 5 nitrogen and oxygen atoms in total. The summed E-state index contributed by atoms with van der Waals surface area (Å²) in [7, 11) is 0. The van der Waals surface area contributed by atoms with E-state index in [2.05, 4.69) is 16.6 Å². The highest BCUT2D eigenvalue weighted by atomic mass is 16.5. The van der Waals surface area contributed by atoms with Crippen LogP contribution in [0.1, 0.15) is 32.6 Å². The van der Waals surface area contributed by atoms with E-state index in [-0.39, 0.29) is 6.61 Å². The second-order valence-electron chi connectivity index (χ2n) is 3.58. The Hall–Kier alpha value is -1.48. The van der Waals surface area contributed by atoms with Gasteiger partial charge in [-0.15, -0.1) is 0 Å². The summed E-state index contributed by atoms with van der Waals surface area (Å²) in [5, 5.41) is 3.62. The zero-order valence-electron chi connectivity index (χ0n) is 8.90. The lowest BCUT2D eigenvalue weighted by Gasteiger charge is -2.32. The first-order chi connectivity index (χ1) is 7.17. The average molecular weight is 209 g/mol. The molecule has 15 heavy (non-hydrogen) atoms. The van der Waals surface area contributed by atoms with Gasteiger partial charge in [0.2, 0.25) is 0 Å². The molecule has 82 valence electrons. The van der Waals surface area contributed by atoms with E-state index >= 15 is 0 Å². The van der Waals surface area contributed by atoms with Crippen LogP contribution in [0.4, 0.5) is 0 Å². The van der Waals surface area contributed by atoms with Crippen LogP contribution in [0.2, 0.25) is 0 Å². The highest BCUT2D eigenvalue weighted by Gasteiger charge is 2.43. The molecule has 0 radical (unpaired) electrons. The van der Waals surface area contributed by atoms with Crippen molar-refractivity contribution < 1.29 is 9.53 Å². The predicted octanol–water partition coefficient (Wildman–Crippen LogP) is 2.73. The number of carbonyl (C=O) groups excluding carboxylic acids is 1. The van der Waals surface area contributed by atoms with Gasteiger partial charge in [0.25, 0.3) is 0 Å². The van der Waals surface area contributed by atoms with Gasteiger partial charge in [0.1, 0.15) is 0 Å². The van der Waals surface area contributed by atoms with E-state index in [0.717, 1.165) is 19.3 Å². The second kappa shape index (κ2) is 4.84. The summed E-state index contributed by atoms with van der Waals surface area (Å²) in [6, 6.07) is 0. The van der Waals surface area contributed by atoms with E-state index in [9.17, 15) is 4.79 Å². The predicted molar refractivity (Wildman–Crippen MR) is 56.1 cm³/mol. The van der Waals surface area contributed by atoms with E-state index < -0.39 is 11.5 Å². The number of hydrogen-bond acceptors (Lipinski definition) is 3. The number of nitrogens with zero attached hydrogens (tertiary/aromatic N) is 3. The van der Waals surface area contributed by atoms with Gasteiger partial charge in [0, 0.05) is 4.91 Å². The summed E-state index contributed by atoms with van der Waals surface area (Å²) in [6.07, 6.45) is 3.07. The maximum atomic E-state index is 11.8. The maximum Gasteiger partial charge on any atom is 0.322 e. The van der Waals surface area contributed by atoms with Crippen molar-refractivity contribution in [3.05, 3.63) is 22.6 Å². The van der Waals surface area contributed by atoms with Gasteiger partial charge in [-0.25, -0.2) is 0 Å². The lowest BCUT2D eigenvalue weighted by Crippen LogP contribution is -2.41. The summed E-state index contributed by atoms with van der Waals surface area (Å²) >= 11 is 0. The van der Waals surface area contributed by atoms with Gasteiger partial charge >= 0.3 is 5.97 Å². The van der Waals surface area contributed by atoms with Gasteiger partial charge in [-0.1, -0.05) is 23.7 Å². The highest BCUT2D eigenvalue weighted by Crippen LogP contribution is 2.36. The second-order valence-corrected chi connectivity index (χ2v) is 3.58. The first-order valence-electron chi connectivity index (χ1n) is 5.09. The third-order valence-electron chi connectivity index (χ3n) is 2.68. The molecule has 0 aromatic heterocycles. The fourth-order valence-corrected chi connectivity index (χ4v) is 1.84. The average Bonchev–Trinajstić information content (AvgIpc) is 2.22. The van der Waals surface area contributed by atoms with E-state index in [4.69, 9.17) is 10.3 Å². The first-order valence-corrected chi connectivity index (χ1v) is 5.09. The van der Waals surface area contributed by atoms with Crippen molar-refractivity contribution in [2.75, 3.05) is 6.61 Å². The van der Waals surface area contributed by atoms with Gasteiger partial charge in [-0.05, 0) is 31.7 Å². The molecule has 0 aromatic rings. The zero-order valence-corrected chi connectivity index (χ0v) is 8.90. The van der Waals surface area contributed by atoms with Crippen LogP contribution in [-0.2, 0) is 9.53 Å². The normalized spacial score (nSPS) is 25.5. The van der Waals surface area contributed by atoms with Crippen LogP contribution >= 0.6 is 0 Å². The summed E-state index contributed by atoms with van der Waals surface area (Å²) in [4.78, 5) is 14.5. The largest absolute Gasteiger partial charge is 0.465 e. The minimum atomic E-state index is -1.15. The maximum absolute atomic E-state index is 11.8. The van der Waals surface area contributed by atoms with E-state index in [1.165, 1.54) is 0 Å². The Morgan fingerprint density at radius 2 is 2.47 bits per heavy atom. The molecule has 1 rings (SSSR count). The molecule has 5 heteroatoms. The molecule has 1 atom stereocenters. The molecule has 1 aliphatic carbocycles. The summed E-state index contributed by atoms with van der Waals surface area (Å²) in [6.45, 7) is 5.84. The fourth-order valence-electron chi connectivity index (χ4n) is 1.84. The lowest BCUT2D eigenvalue weighted by atomic mass is 9.79. The third kappa shape index (κ3) is 2.13. The van der Waals surface area contributed by atoms with Crippen molar-refractivity contribution in [3.8, 4) is 0 Å². The van der Waals surface area contributed by atoms with Gasteiger partial charge in [-0.2, -0.15) is 0 Å². The summed E-state index contributed by atoms with van der Waals surface area (Å²) in [5.41, 5.74) is 8.05. The monoisotopic (exact) mass is 209 g/mol. The standard InChI is InChI=1S/C10H15N3O2/c1-3-15-9(14)10(12-13-11)7-5-4-6-8(10)2/h2-7H2,1H3. The van der Waals surface area contributed by atoms with E-state index in [1.807, 2.05) is 0 Å². The molecule has 1 fully saturated rings. The van der Waals surface area contributed by atoms with Gasteiger partial charge < -0.3 is 4.74 Å². The molecule has 0 saturated heterocycles. The van der Waals surface area contributed by atoms with Crippen molar-refractivity contribution in [2.45, 2.75) is 38.1 Å². The van der Waals surface area contributed by atoms with E-state index in [0.29, 0.717) is 12.0 Å².